The zero-order valence-corrected chi connectivity index (χ0v) is 18.6. The van der Waals surface area contributed by atoms with Gasteiger partial charge in [-0.2, -0.15) is 0 Å². The second-order valence-corrected chi connectivity index (χ2v) is 8.45. The van der Waals surface area contributed by atoms with E-state index in [9.17, 15) is 23.3 Å². The zero-order valence-electron chi connectivity index (χ0n) is 17.8. The third-order valence-electron chi connectivity index (χ3n) is 4.68. The lowest BCUT2D eigenvalue weighted by Crippen LogP contribution is -2.23. The molecule has 11 heteroatoms. The largest absolute Gasteiger partial charge is 0.496 e. The molecular weight excluding hydrogens is 450 g/mol. The highest BCUT2D eigenvalue weighted by atomic mass is 32.2. The van der Waals surface area contributed by atoms with E-state index >= 15 is 0 Å². The van der Waals surface area contributed by atoms with Crippen LogP contribution < -0.4 is 19.5 Å². The van der Waals surface area contributed by atoms with E-state index in [0.717, 1.165) is 11.6 Å². The lowest BCUT2D eigenvalue weighted by atomic mass is 10.2. The number of hydrogen-bond donors (Lipinski definition) is 2. The zero-order chi connectivity index (χ0) is 24.0. The number of nitro benzene ring substituents is 1. The Bertz CT molecular complexity index is 1290. The molecule has 0 spiro atoms. The predicted molar refractivity (Wildman–Crippen MR) is 121 cm³/mol. The van der Waals surface area contributed by atoms with Gasteiger partial charge in [-0.3, -0.25) is 19.6 Å². The van der Waals surface area contributed by atoms with Crippen LogP contribution in [0.25, 0.3) is 0 Å². The van der Waals surface area contributed by atoms with Gasteiger partial charge in [0.15, 0.2) is 0 Å². The normalized spacial score (nSPS) is 10.8. The van der Waals surface area contributed by atoms with E-state index in [2.05, 4.69) is 10.0 Å². The Hall–Kier alpha value is -4.12. The molecule has 0 saturated carbocycles. The van der Waals surface area contributed by atoms with Gasteiger partial charge in [0, 0.05) is 29.8 Å². The fourth-order valence-electron chi connectivity index (χ4n) is 3.02. The van der Waals surface area contributed by atoms with E-state index in [0.29, 0.717) is 5.75 Å². The van der Waals surface area contributed by atoms with Gasteiger partial charge in [0.1, 0.15) is 11.5 Å². The van der Waals surface area contributed by atoms with Crippen LogP contribution in [0.1, 0.15) is 15.9 Å². The first-order valence-electron chi connectivity index (χ1n) is 9.60. The van der Waals surface area contributed by atoms with Crippen molar-refractivity contribution in [1.82, 2.24) is 5.32 Å². The number of ether oxygens (including phenoxy) is 2. The standard InChI is InChI=1S/C22H21N3O7S/c1-31-20-9-4-3-6-16(20)14-23-22(26)15-7-5-8-18(12-15)33(29,30)24-19-13-17(25(27)28)10-11-21(19)32-2/h3-13,24H,14H2,1-2H3,(H,23,26). The number of rotatable bonds is 9. The molecule has 0 atom stereocenters. The van der Waals surface area contributed by atoms with Crippen molar-refractivity contribution < 1.29 is 27.6 Å². The topological polar surface area (TPSA) is 137 Å². The van der Waals surface area contributed by atoms with Gasteiger partial charge in [-0.1, -0.05) is 24.3 Å². The number of methoxy groups -OCH3 is 2. The summed E-state index contributed by atoms with van der Waals surface area (Å²) >= 11 is 0. The summed E-state index contributed by atoms with van der Waals surface area (Å²) < 4.78 is 38.4. The summed E-state index contributed by atoms with van der Waals surface area (Å²) in [5, 5.41) is 13.8. The van der Waals surface area contributed by atoms with Crippen LogP contribution in [-0.2, 0) is 16.6 Å². The number of hydrogen-bond acceptors (Lipinski definition) is 7. The quantitative estimate of drug-likeness (QED) is 0.361. The van der Waals surface area contributed by atoms with Gasteiger partial charge in [-0.15, -0.1) is 0 Å². The Morgan fingerprint density at radius 2 is 1.70 bits per heavy atom. The van der Waals surface area contributed by atoms with Crippen molar-refractivity contribution in [2.45, 2.75) is 11.4 Å². The number of nitrogens with zero attached hydrogens (tertiary/aromatic N) is 1. The van der Waals surface area contributed by atoms with Crippen molar-refractivity contribution in [3.8, 4) is 11.5 Å². The minimum absolute atomic E-state index is 0.0993. The molecule has 0 saturated heterocycles. The number of nitrogens with one attached hydrogen (secondary N) is 2. The number of amides is 1. The number of sulfonamides is 1. The molecule has 0 aliphatic heterocycles. The number of carbonyl (C=O) groups excluding carboxylic acids is 1. The maximum Gasteiger partial charge on any atom is 0.271 e. The van der Waals surface area contributed by atoms with E-state index in [-0.39, 0.29) is 34.1 Å². The average molecular weight is 471 g/mol. The second-order valence-electron chi connectivity index (χ2n) is 6.77. The van der Waals surface area contributed by atoms with Crippen molar-refractivity contribution in [2.75, 3.05) is 18.9 Å². The molecule has 0 fully saturated rings. The van der Waals surface area contributed by atoms with Crippen LogP contribution in [0.15, 0.2) is 71.6 Å². The molecule has 3 aromatic rings. The van der Waals surface area contributed by atoms with Crippen molar-refractivity contribution in [1.29, 1.82) is 0 Å². The molecule has 0 unspecified atom stereocenters. The number of non-ortho nitro benzene ring substituents is 1. The van der Waals surface area contributed by atoms with Gasteiger partial charge >= 0.3 is 0 Å². The smallest absolute Gasteiger partial charge is 0.271 e. The summed E-state index contributed by atoms with van der Waals surface area (Å²) in [7, 11) is -1.34. The Morgan fingerprint density at radius 3 is 2.39 bits per heavy atom. The van der Waals surface area contributed by atoms with Gasteiger partial charge in [-0.05, 0) is 30.3 Å². The first-order chi connectivity index (χ1) is 15.7. The van der Waals surface area contributed by atoms with E-state index in [1.807, 2.05) is 12.1 Å². The first kappa shape index (κ1) is 23.5. The number of benzene rings is 3. The number of carbonyl (C=O) groups is 1. The molecule has 10 nitrogen and oxygen atoms in total. The average Bonchev–Trinajstić information content (AvgIpc) is 2.82. The lowest BCUT2D eigenvalue weighted by Gasteiger charge is -2.13. The van der Waals surface area contributed by atoms with Crippen molar-refractivity contribution >= 4 is 27.3 Å². The second kappa shape index (κ2) is 10.0. The molecule has 0 radical (unpaired) electrons. The number of anilines is 1. The summed E-state index contributed by atoms with van der Waals surface area (Å²) in [5.74, 6) is 0.241. The Kier molecular flexibility index (Phi) is 7.13. The molecule has 3 aromatic carbocycles. The highest BCUT2D eigenvalue weighted by molar-refractivity contribution is 7.92. The SMILES string of the molecule is COc1ccccc1CNC(=O)c1cccc(S(=O)(=O)Nc2cc([N+](=O)[O-])ccc2OC)c1. The van der Waals surface area contributed by atoms with Crippen LogP contribution in [0.3, 0.4) is 0 Å². The Labute approximate surface area is 190 Å². The minimum Gasteiger partial charge on any atom is -0.496 e. The van der Waals surface area contributed by atoms with Gasteiger partial charge in [-0.25, -0.2) is 8.42 Å². The van der Waals surface area contributed by atoms with Crippen molar-refractivity contribution in [3.05, 3.63) is 88.0 Å². The number of nitro groups is 1. The third kappa shape index (κ3) is 5.57. The molecule has 172 valence electrons. The highest BCUT2D eigenvalue weighted by Gasteiger charge is 2.20. The first-order valence-corrected chi connectivity index (χ1v) is 11.1. The Morgan fingerprint density at radius 1 is 0.970 bits per heavy atom. The monoisotopic (exact) mass is 471 g/mol. The summed E-state index contributed by atoms with van der Waals surface area (Å²) in [6.07, 6.45) is 0. The van der Waals surface area contributed by atoms with Crippen molar-refractivity contribution in [2.24, 2.45) is 0 Å². The maximum atomic E-state index is 12.9. The number of para-hydroxylation sites is 1. The van der Waals surface area contributed by atoms with Gasteiger partial charge in [0.2, 0.25) is 0 Å². The molecule has 0 aliphatic carbocycles. The minimum atomic E-state index is -4.17. The molecule has 0 bridgehead atoms. The third-order valence-corrected chi connectivity index (χ3v) is 6.04. The molecule has 2 N–H and O–H groups in total. The summed E-state index contributed by atoms with van der Waals surface area (Å²) in [5.41, 5.74) is 0.478. The van der Waals surface area contributed by atoms with Crippen LogP contribution in [0, 0.1) is 10.1 Å². The molecule has 1 amide bonds. The van der Waals surface area contributed by atoms with Crippen LogP contribution >= 0.6 is 0 Å². The van der Waals surface area contributed by atoms with Gasteiger partial charge in [0.25, 0.3) is 21.6 Å². The van der Waals surface area contributed by atoms with E-state index in [1.54, 1.807) is 12.1 Å². The molecule has 0 aromatic heterocycles. The highest BCUT2D eigenvalue weighted by Crippen LogP contribution is 2.31. The van der Waals surface area contributed by atoms with Gasteiger partial charge in [0.05, 0.1) is 29.7 Å². The predicted octanol–water partition coefficient (Wildman–Crippen LogP) is 3.34. The molecule has 0 heterocycles. The van der Waals surface area contributed by atoms with E-state index < -0.39 is 20.9 Å². The van der Waals surface area contributed by atoms with E-state index in [1.165, 1.54) is 50.6 Å². The molecular formula is C22H21N3O7S. The van der Waals surface area contributed by atoms with E-state index in [4.69, 9.17) is 9.47 Å². The fraction of sp³-hybridized carbons (Fsp3) is 0.136. The van der Waals surface area contributed by atoms with Crippen molar-refractivity contribution in [3.63, 3.8) is 0 Å². The molecule has 33 heavy (non-hydrogen) atoms. The van der Waals surface area contributed by atoms with Crippen LogP contribution in [0.5, 0.6) is 11.5 Å². The van der Waals surface area contributed by atoms with Crippen LogP contribution in [-0.4, -0.2) is 33.5 Å². The van der Waals surface area contributed by atoms with Gasteiger partial charge < -0.3 is 14.8 Å². The van der Waals surface area contributed by atoms with Crippen LogP contribution in [0.2, 0.25) is 0 Å². The fourth-order valence-corrected chi connectivity index (χ4v) is 4.13. The van der Waals surface area contributed by atoms with Crippen LogP contribution in [0.4, 0.5) is 11.4 Å². The summed E-state index contributed by atoms with van der Waals surface area (Å²) in [6.45, 7) is 0.183. The lowest BCUT2D eigenvalue weighted by molar-refractivity contribution is -0.384. The summed E-state index contributed by atoms with van der Waals surface area (Å²) in [6, 6.07) is 16.2. The Balaban J connectivity index is 1.81. The summed E-state index contributed by atoms with van der Waals surface area (Å²) in [4.78, 5) is 22.8. The molecule has 3 rings (SSSR count). The maximum absolute atomic E-state index is 12.9. The molecule has 0 aliphatic rings.